The van der Waals surface area contributed by atoms with Gasteiger partial charge in [-0.05, 0) is 53.4 Å². The molecule has 0 aromatic heterocycles. The van der Waals surface area contributed by atoms with Gasteiger partial charge in [0, 0.05) is 24.3 Å². The molecule has 1 N–H and O–H groups in total. The number of phenolic OH excluding ortho intramolecular Hbond substituents is 1. The predicted molar refractivity (Wildman–Crippen MR) is 101 cm³/mol. The Morgan fingerprint density at radius 1 is 1.23 bits per heavy atom. The van der Waals surface area contributed by atoms with E-state index in [1.54, 1.807) is 6.07 Å². The maximum atomic E-state index is 12.9. The smallest absolute Gasteiger partial charge is 0.302 e. The average molecular weight is 358 g/mol. The number of Topliss-reactive ketones (excluding diaryl/α,β-unsaturated/α-hetero) is 1. The van der Waals surface area contributed by atoms with Crippen LogP contribution in [0.15, 0.2) is 12.1 Å². The van der Waals surface area contributed by atoms with Crippen LogP contribution >= 0.6 is 0 Å². The third-order valence-corrected chi connectivity index (χ3v) is 6.54. The lowest BCUT2D eigenvalue weighted by molar-refractivity contribution is -0.154. The number of ether oxygens (including phenoxy) is 1. The maximum absolute atomic E-state index is 12.9. The summed E-state index contributed by atoms with van der Waals surface area (Å²) in [6.45, 7) is 12.0. The minimum absolute atomic E-state index is 0.132. The molecule has 0 amide bonds. The van der Waals surface area contributed by atoms with Gasteiger partial charge in [-0.25, -0.2) is 0 Å². The molecule has 1 aromatic carbocycles. The quantitative estimate of drug-likeness (QED) is 0.777. The first-order valence-electron chi connectivity index (χ1n) is 9.53. The summed E-state index contributed by atoms with van der Waals surface area (Å²) >= 11 is 0. The number of esters is 1. The Kier molecular flexibility index (Phi) is 4.45. The van der Waals surface area contributed by atoms with Crippen LogP contribution < -0.4 is 0 Å². The molecule has 0 radical (unpaired) electrons. The minimum Gasteiger partial charge on any atom is -0.508 e. The molecule has 0 bridgehead atoms. The lowest BCUT2D eigenvalue weighted by atomic mass is 9.49. The summed E-state index contributed by atoms with van der Waals surface area (Å²) in [5.74, 6) is 0.448. The standard InChI is InChI=1S/C22H30O4/c1-12(2)15-7-16-17(8-18(15)24)22(6)11-14(26-13(3)23)10-21(4,5)20(22)9-19(16)25/h7-8,12,14,20,24H,9-11H2,1-6H3/t14-,20-,22-/m0/s1. The van der Waals surface area contributed by atoms with Crippen LogP contribution in [0.5, 0.6) is 5.75 Å². The zero-order valence-corrected chi connectivity index (χ0v) is 16.7. The van der Waals surface area contributed by atoms with Gasteiger partial charge >= 0.3 is 5.97 Å². The Morgan fingerprint density at radius 2 is 1.88 bits per heavy atom. The van der Waals surface area contributed by atoms with E-state index in [-0.39, 0.29) is 46.3 Å². The molecule has 2 aliphatic carbocycles. The average Bonchev–Trinajstić information content (AvgIpc) is 2.48. The lowest BCUT2D eigenvalue weighted by Gasteiger charge is -2.55. The van der Waals surface area contributed by atoms with Crippen molar-refractivity contribution in [3.63, 3.8) is 0 Å². The SMILES string of the molecule is CC(=O)O[C@H]1CC(C)(C)[C@@H]2CC(=O)c3cc(C(C)C)c(O)cc3[C@]2(C)C1. The van der Waals surface area contributed by atoms with Gasteiger partial charge in [0.1, 0.15) is 11.9 Å². The zero-order chi connectivity index (χ0) is 19.4. The van der Waals surface area contributed by atoms with Gasteiger partial charge in [0.05, 0.1) is 0 Å². The summed E-state index contributed by atoms with van der Waals surface area (Å²) in [5.41, 5.74) is 2.01. The summed E-state index contributed by atoms with van der Waals surface area (Å²) in [7, 11) is 0. The van der Waals surface area contributed by atoms with Crippen molar-refractivity contribution in [2.45, 2.75) is 78.2 Å². The number of carbonyl (C=O) groups excluding carboxylic acids is 2. The minimum atomic E-state index is -0.307. The van der Waals surface area contributed by atoms with E-state index in [2.05, 4.69) is 20.8 Å². The Hall–Kier alpha value is -1.84. The van der Waals surface area contributed by atoms with Crippen molar-refractivity contribution >= 4 is 11.8 Å². The fourth-order valence-electron chi connectivity index (χ4n) is 5.46. The molecule has 3 rings (SSSR count). The van der Waals surface area contributed by atoms with Gasteiger partial charge in [-0.3, -0.25) is 9.59 Å². The highest BCUT2D eigenvalue weighted by Crippen LogP contribution is 2.58. The number of ketones is 1. The monoisotopic (exact) mass is 358 g/mol. The molecule has 1 saturated carbocycles. The first-order valence-corrected chi connectivity index (χ1v) is 9.53. The van der Waals surface area contributed by atoms with E-state index in [1.165, 1.54) is 6.92 Å². The van der Waals surface area contributed by atoms with Crippen LogP contribution in [-0.4, -0.2) is 23.0 Å². The normalized spacial score (nSPS) is 29.9. The fourth-order valence-corrected chi connectivity index (χ4v) is 5.46. The van der Waals surface area contributed by atoms with E-state index < -0.39 is 0 Å². The van der Waals surface area contributed by atoms with Crippen LogP contribution in [-0.2, 0) is 14.9 Å². The highest BCUT2D eigenvalue weighted by Gasteiger charge is 2.55. The van der Waals surface area contributed by atoms with Crippen LogP contribution in [0.1, 0.15) is 88.2 Å². The molecule has 1 fully saturated rings. The molecule has 2 aliphatic rings. The topological polar surface area (TPSA) is 63.6 Å². The van der Waals surface area contributed by atoms with Gasteiger partial charge in [0.2, 0.25) is 0 Å². The second-order valence-corrected chi connectivity index (χ2v) is 9.34. The van der Waals surface area contributed by atoms with Gasteiger partial charge in [-0.2, -0.15) is 0 Å². The van der Waals surface area contributed by atoms with Crippen LogP contribution in [0.4, 0.5) is 0 Å². The molecule has 26 heavy (non-hydrogen) atoms. The number of rotatable bonds is 2. The first-order chi connectivity index (χ1) is 12.0. The molecule has 0 aliphatic heterocycles. The number of fused-ring (bicyclic) bond motifs is 3. The molecule has 4 nitrogen and oxygen atoms in total. The third-order valence-electron chi connectivity index (χ3n) is 6.54. The molecule has 4 heteroatoms. The molecule has 0 saturated heterocycles. The number of carbonyl (C=O) groups is 2. The lowest BCUT2D eigenvalue weighted by Crippen LogP contribution is -2.53. The van der Waals surface area contributed by atoms with Crippen LogP contribution in [0, 0.1) is 11.3 Å². The number of benzene rings is 1. The van der Waals surface area contributed by atoms with E-state index in [9.17, 15) is 14.7 Å². The van der Waals surface area contributed by atoms with Crippen LogP contribution in [0.2, 0.25) is 0 Å². The molecule has 1 aromatic rings. The van der Waals surface area contributed by atoms with Crippen LogP contribution in [0.25, 0.3) is 0 Å². The summed E-state index contributed by atoms with van der Waals surface area (Å²) in [5, 5.41) is 10.6. The van der Waals surface area contributed by atoms with Crippen molar-refractivity contribution in [2.24, 2.45) is 11.3 Å². The zero-order valence-electron chi connectivity index (χ0n) is 16.7. The molecule has 0 spiro atoms. The van der Waals surface area contributed by atoms with Gasteiger partial charge in [-0.15, -0.1) is 0 Å². The summed E-state index contributed by atoms with van der Waals surface area (Å²) in [6.07, 6.45) is 1.77. The Morgan fingerprint density at radius 3 is 2.46 bits per heavy atom. The maximum Gasteiger partial charge on any atom is 0.302 e. The number of aromatic hydroxyl groups is 1. The van der Waals surface area contributed by atoms with E-state index >= 15 is 0 Å². The van der Waals surface area contributed by atoms with Crippen molar-refractivity contribution in [1.29, 1.82) is 0 Å². The molecule has 3 atom stereocenters. The van der Waals surface area contributed by atoms with E-state index in [0.29, 0.717) is 12.8 Å². The van der Waals surface area contributed by atoms with Gasteiger partial charge in [-0.1, -0.05) is 34.6 Å². The van der Waals surface area contributed by atoms with E-state index in [0.717, 1.165) is 23.1 Å². The van der Waals surface area contributed by atoms with Crippen LogP contribution in [0.3, 0.4) is 0 Å². The summed E-state index contributed by atoms with van der Waals surface area (Å²) in [6, 6.07) is 3.67. The first kappa shape index (κ1) is 18.9. The summed E-state index contributed by atoms with van der Waals surface area (Å²) < 4.78 is 5.59. The molecule has 142 valence electrons. The van der Waals surface area contributed by atoms with Crippen molar-refractivity contribution in [3.8, 4) is 5.75 Å². The third kappa shape index (κ3) is 2.93. The predicted octanol–water partition coefficient (Wildman–Crippen LogP) is 4.73. The van der Waals surface area contributed by atoms with E-state index in [4.69, 9.17) is 4.74 Å². The Labute approximate surface area is 155 Å². The number of hydrogen-bond acceptors (Lipinski definition) is 4. The Balaban J connectivity index is 2.15. The second kappa shape index (κ2) is 6.11. The fraction of sp³-hybridized carbons (Fsp3) is 0.636. The van der Waals surface area contributed by atoms with Crippen molar-refractivity contribution in [2.75, 3.05) is 0 Å². The van der Waals surface area contributed by atoms with Gasteiger partial charge in [0.25, 0.3) is 0 Å². The Bertz CT molecular complexity index is 762. The largest absolute Gasteiger partial charge is 0.508 e. The molecule has 0 unspecified atom stereocenters. The van der Waals surface area contributed by atoms with Gasteiger partial charge in [0.15, 0.2) is 5.78 Å². The summed E-state index contributed by atoms with van der Waals surface area (Å²) in [4.78, 5) is 24.5. The number of phenols is 1. The number of hydrogen-bond donors (Lipinski definition) is 1. The molecular weight excluding hydrogens is 328 g/mol. The van der Waals surface area contributed by atoms with E-state index in [1.807, 2.05) is 19.9 Å². The van der Waals surface area contributed by atoms with Crippen molar-refractivity contribution in [1.82, 2.24) is 0 Å². The molecule has 0 heterocycles. The molecular formula is C22H30O4. The highest BCUT2D eigenvalue weighted by molar-refractivity contribution is 6.00. The second-order valence-electron chi connectivity index (χ2n) is 9.34. The van der Waals surface area contributed by atoms with Crippen molar-refractivity contribution in [3.05, 3.63) is 28.8 Å². The van der Waals surface area contributed by atoms with Crippen molar-refractivity contribution < 1.29 is 19.4 Å². The highest BCUT2D eigenvalue weighted by atomic mass is 16.5. The van der Waals surface area contributed by atoms with Gasteiger partial charge < -0.3 is 9.84 Å².